The number of imide groups is 2. The number of hydrogen-bond acceptors (Lipinski definition) is 10. The van der Waals surface area contributed by atoms with Crippen molar-refractivity contribution in [3.05, 3.63) is 87.9 Å². The molecule has 290 valence electrons. The number of nitrogens with one attached hydrogen (secondary N) is 3. The van der Waals surface area contributed by atoms with E-state index in [0.29, 0.717) is 39.4 Å². The molecule has 3 aromatic rings. The maximum absolute atomic E-state index is 13.3. The Kier molecular flexibility index (Phi) is 10.7. The van der Waals surface area contributed by atoms with Gasteiger partial charge in [-0.3, -0.25) is 39.1 Å². The second-order valence-electron chi connectivity index (χ2n) is 15.4. The first-order valence-corrected chi connectivity index (χ1v) is 20.0. The number of nitriles is 1. The number of rotatable bonds is 8. The molecular formula is C42H45ClN8O5. The summed E-state index contributed by atoms with van der Waals surface area (Å²) in [5.41, 5.74) is 4.64. The molecule has 4 heterocycles. The maximum Gasteiger partial charge on any atom is 0.262 e. The zero-order valence-corrected chi connectivity index (χ0v) is 31.9. The van der Waals surface area contributed by atoms with E-state index in [1.54, 1.807) is 24.3 Å². The molecular weight excluding hydrogens is 732 g/mol. The molecule has 5 aliphatic rings. The van der Waals surface area contributed by atoms with Crippen LogP contribution < -0.4 is 25.8 Å². The van der Waals surface area contributed by atoms with E-state index in [1.807, 2.05) is 24.3 Å². The van der Waals surface area contributed by atoms with Crippen molar-refractivity contribution in [2.24, 2.45) is 0 Å². The Balaban J connectivity index is 0.772. The number of piperidine rings is 2. The lowest BCUT2D eigenvalue weighted by atomic mass is 9.90. The van der Waals surface area contributed by atoms with Gasteiger partial charge in [-0.2, -0.15) is 5.26 Å². The molecule has 4 fully saturated rings. The molecule has 5 amide bonds. The van der Waals surface area contributed by atoms with Crippen LogP contribution in [-0.4, -0.2) is 103 Å². The molecule has 0 radical (unpaired) electrons. The molecule has 13 nitrogen and oxygen atoms in total. The quantitative estimate of drug-likeness (QED) is 0.277. The van der Waals surface area contributed by atoms with Crippen molar-refractivity contribution in [2.75, 3.05) is 54.4 Å². The van der Waals surface area contributed by atoms with Crippen LogP contribution in [0.25, 0.3) is 0 Å². The highest BCUT2D eigenvalue weighted by atomic mass is 35.5. The second-order valence-corrected chi connectivity index (χ2v) is 15.8. The van der Waals surface area contributed by atoms with E-state index in [9.17, 15) is 24.0 Å². The number of benzene rings is 3. The number of piperazine rings is 1. The summed E-state index contributed by atoms with van der Waals surface area (Å²) >= 11 is 6.19. The zero-order valence-electron chi connectivity index (χ0n) is 31.1. The number of carbonyl (C=O) groups is 5. The fourth-order valence-electron chi connectivity index (χ4n) is 8.90. The van der Waals surface area contributed by atoms with Gasteiger partial charge in [0.25, 0.3) is 17.7 Å². The van der Waals surface area contributed by atoms with Crippen molar-refractivity contribution in [3.63, 3.8) is 0 Å². The van der Waals surface area contributed by atoms with Gasteiger partial charge in [0.1, 0.15) is 12.1 Å². The number of amides is 5. The van der Waals surface area contributed by atoms with E-state index >= 15 is 0 Å². The highest BCUT2D eigenvalue weighted by molar-refractivity contribution is 6.32. The normalized spacial score (nSPS) is 23.4. The summed E-state index contributed by atoms with van der Waals surface area (Å²) in [6.45, 7) is 5.26. The fraction of sp³-hybridized carbons (Fsp3) is 0.429. The Hall–Kier alpha value is -5.45. The average Bonchev–Trinajstić information content (AvgIpc) is 3.46. The van der Waals surface area contributed by atoms with Crippen LogP contribution in [0.4, 0.5) is 17.1 Å². The van der Waals surface area contributed by atoms with Gasteiger partial charge in [0.05, 0.1) is 21.7 Å². The third kappa shape index (κ3) is 7.68. The summed E-state index contributed by atoms with van der Waals surface area (Å²) in [4.78, 5) is 71.8. The molecule has 3 N–H and O–H groups in total. The van der Waals surface area contributed by atoms with E-state index in [0.717, 1.165) is 99.8 Å². The summed E-state index contributed by atoms with van der Waals surface area (Å²) in [5.74, 6) is -2.02. The molecule has 0 bridgehead atoms. The predicted octanol–water partition coefficient (Wildman–Crippen LogP) is 4.56. The van der Waals surface area contributed by atoms with E-state index in [1.165, 1.54) is 0 Å². The van der Waals surface area contributed by atoms with E-state index in [-0.39, 0.29) is 24.8 Å². The van der Waals surface area contributed by atoms with E-state index in [2.05, 4.69) is 48.9 Å². The monoisotopic (exact) mass is 776 g/mol. The molecule has 1 aliphatic carbocycles. The molecule has 4 aliphatic heterocycles. The molecule has 3 aromatic carbocycles. The molecule has 1 unspecified atom stereocenters. The van der Waals surface area contributed by atoms with Gasteiger partial charge in [-0.1, -0.05) is 11.6 Å². The summed E-state index contributed by atoms with van der Waals surface area (Å²) in [6, 6.07) is 20.7. The minimum Gasteiger partial charge on any atom is -0.382 e. The SMILES string of the molecule is N#Cc1ccc(N[C@H]2CC[C@H](NC(=O)c3ccc(N4CCC(N5CCN(c6ccc7c(c6)C(=O)N(C6CCC(=O)NC6=O)C7=O)CC5)CC4)cc3)CC2)cc1Cl. The second kappa shape index (κ2) is 16.0. The van der Waals surface area contributed by atoms with Gasteiger partial charge in [0, 0.05) is 86.4 Å². The van der Waals surface area contributed by atoms with Crippen LogP contribution in [0.1, 0.15) is 88.0 Å². The lowest BCUT2D eigenvalue weighted by Gasteiger charge is -2.44. The highest BCUT2D eigenvalue weighted by Gasteiger charge is 2.45. The first-order valence-electron chi connectivity index (χ1n) is 19.6. The molecule has 1 atom stereocenters. The Morgan fingerprint density at radius 3 is 2.07 bits per heavy atom. The van der Waals surface area contributed by atoms with Crippen LogP contribution in [-0.2, 0) is 9.59 Å². The molecule has 56 heavy (non-hydrogen) atoms. The summed E-state index contributed by atoms with van der Waals surface area (Å²) < 4.78 is 0. The van der Waals surface area contributed by atoms with Gasteiger partial charge in [-0.25, -0.2) is 0 Å². The van der Waals surface area contributed by atoms with Gasteiger partial charge >= 0.3 is 0 Å². The Bertz CT molecular complexity index is 2080. The Morgan fingerprint density at radius 2 is 1.39 bits per heavy atom. The molecule has 0 spiro atoms. The third-order valence-corrected chi connectivity index (χ3v) is 12.4. The number of anilines is 3. The largest absolute Gasteiger partial charge is 0.382 e. The van der Waals surface area contributed by atoms with E-state index < -0.39 is 29.7 Å². The van der Waals surface area contributed by atoms with Gasteiger partial charge in [0.15, 0.2) is 0 Å². The number of hydrogen-bond donors (Lipinski definition) is 3. The molecule has 3 saturated heterocycles. The van der Waals surface area contributed by atoms with Crippen molar-refractivity contribution < 1.29 is 24.0 Å². The van der Waals surface area contributed by atoms with Crippen molar-refractivity contribution >= 4 is 58.2 Å². The van der Waals surface area contributed by atoms with Crippen LogP contribution in [0.15, 0.2) is 60.7 Å². The molecule has 8 rings (SSSR count). The smallest absolute Gasteiger partial charge is 0.262 e. The van der Waals surface area contributed by atoms with Crippen molar-refractivity contribution in [1.29, 1.82) is 5.26 Å². The Morgan fingerprint density at radius 1 is 0.732 bits per heavy atom. The Labute approximate surface area is 330 Å². The highest BCUT2D eigenvalue weighted by Crippen LogP contribution is 2.32. The van der Waals surface area contributed by atoms with Crippen LogP contribution >= 0.6 is 11.6 Å². The molecule has 14 heteroatoms. The number of carbonyl (C=O) groups excluding carboxylic acids is 5. The van der Waals surface area contributed by atoms with Crippen molar-refractivity contribution in [2.45, 2.75) is 75.5 Å². The van der Waals surface area contributed by atoms with Crippen molar-refractivity contribution in [3.8, 4) is 6.07 Å². The van der Waals surface area contributed by atoms with Crippen LogP contribution in [0, 0.1) is 11.3 Å². The lowest BCUT2D eigenvalue weighted by Crippen LogP contribution is -2.54. The standard InChI is InChI=1S/C42H45ClN8O5/c43-36-23-30(4-1-27(36)25-44)45-28-5-7-29(8-6-28)46-39(53)26-2-9-31(10-3-26)48-17-15-32(16-18-48)49-19-21-50(22-20-49)33-11-12-34-35(24-33)42(56)51(41(34)55)37-13-14-38(52)47-40(37)54/h1-4,9-12,23-24,28-29,32,37,45H,5-8,13-22H2,(H,46,53)(H,47,52,54)/t28-,29-,37?. The number of halogens is 1. The van der Waals surface area contributed by atoms with Crippen LogP contribution in [0.2, 0.25) is 5.02 Å². The van der Waals surface area contributed by atoms with Gasteiger partial charge < -0.3 is 20.4 Å². The average molecular weight is 777 g/mol. The zero-order chi connectivity index (χ0) is 38.9. The lowest BCUT2D eigenvalue weighted by molar-refractivity contribution is -0.136. The van der Waals surface area contributed by atoms with Crippen LogP contribution in [0.3, 0.4) is 0 Å². The van der Waals surface area contributed by atoms with Crippen molar-refractivity contribution in [1.82, 2.24) is 20.4 Å². The summed E-state index contributed by atoms with van der Waals surface area (Å²) in [7, 11) is 0. The minimum absolute atomic E-state index is 0.0427. The van der Waals surface area contributed by atoms with Gasteiger partial charge in [-0.05, 0) is 106 Å². The minimum atomic E-state index is -0.973. The number of fused-ring (bicyclic) bond motifs is 1. The predicted molar refractivity (Wildman–Crippen MR) is 212 cm³/mol. The summed E-state index contributed by atoms with van der Waals surface area (Å²) in [5, 5.41) is 18.5. The fourth-order valence-corrected chi connectivity index (χ4v) is 9.12. The van der Waals surface area contributed by atoms with Crippen LogP contribution in [0.5, 0.6) is 0 Å². The number of nitrogens with zero attached hydrogens (tertiary/aromatic N) is 5. The molecule has 0 aromatic heterocycles. The molecule has 1 saturated carbocycles. The van der Waals surface area contributed by atoms with E-state index in [4.69, 9.17) is 16.9 Å². The summed E-state index contributed by atoms with van der Waals surface area (Å²) in [6.07, 6.45) is 5.96. The maximum atomic E-state index is 13.3. The van der Waals surface area contributed by atoms with Gasteiger partial charge in [-0.15, -0.1) is 0 Å². The third-order valence-electron chi connectivity index (χ3n) is 12.1. The van der Waals surface area contributed by atoms with Gasteiger partial charge in [0.2, 0.25) is 11.8 Å². The topological polar surface area (TPSA) is 158 Å². The first-order chi connectivity index (χ1) is 27.1. The first kappa shape index (κ1) is 37.5.